The summed E-state index contributed by atoms with van der Waals surface area (Å²) in [5, 5.41) is 19.1. The zero-order chi connectivity index (χ0) is 14.4. The molecule has 0 saturated heterocycles. The maximum atomic E-state index is 13.5. The van der Waals surface area contributed by atoms with E-state index >= 15 is 0 Å². The predicted octanol–water partition coefficient (Wildman–Crippen LogP) is 2.86. The van der Waals surface area contributed by atoms with Gasteiger partial charge in [-0.3, -0.25) is 15.0 Å². The Morgan fingerprint density at radius 3 is 2.68 bits per heavy atom. The van der Waals surface area contributed by atoms with Gasteiger partial charge in [-0.05, 0) is 25.5 Å². The van der Waals surface area contributed by atoms with E-state index in [1.54, 1.807) is 6.07 Å². The second-order valence-corrected chi connectivity index (χ2v) is 4.52. The van der Waals surface area contributed by atoms with Crippen molar-refractivity contribution >= 4 is 5.69 Å². The van der Waals surface area contributed by atoms with Crippen LogP contribution in [0.15, 0.2) is 18.2 Å². The molecule has 0 aromatic heterocycles. The molecule has 0 bridgehead atoms. The summed E-state index contributed by atoms with van der Waals surface area (Å²) in [7, 11) is 0. The number of rotatable bonds is 6. The average Bonchev–Trinajstić information content (AvgIpc) is 2.33. The van der Waals surface area contributed by atoms with E-state index < -0.39 is 16.4 Å². The summed E-state index contributed by atoms with van der Waals surface area (Å²) in [6, 6.07) is 6.18. The fourth-order valence-corrected chi connectivity index (χ4v) is 1.74. The van der Waals surface area contributed by atoms with E-state index in [2.05, 4.69) is 6.07 Å². The van der Waals surface area contributed by atoms with Crippen molar-refractivity contribution in [3.05, 3.63) is 39.7 Å². The molecular weight excluding hydrogens is 249 g/mol. The van der Waals surface area contributed by atoms with Gasteiger partial charge in [0.15, 0.2) is 0 Å². The van der Waals surface area contributed by atoms with E-state index in [1.165, 1.54) is 12.1 Å². The van der Waals surface area contributed by atoms with E-state index in [-0.39, 0.29) is 6.04 Å². The quantitative estimate of drug-likeness (QED) is 0.585. The zero-order valence-corrected chi connectivity index (χ0v) is 11.0. The maximum Gasteiger partial charge on any atom is 0.304 e. The molecule has 19 heavy (non-hydrogen) atoms. The van der Waals surface area contributed by atoms with Crippen LogP contribution in [0.5, 0.6) is 0 Å². The molecule has 0 spiro atoms. The molecule has 0 amide bonds. The van der Waals surface area contributed by atoms with Crippen molar-refractivity contribution in [3.63, 3.8) is 0 Å². The van der Waals surface area contributed by atoms with Crippen LogP contribution in [0.3, 0.4) is 0 Å². The molecule has 0 N–H and O–H groups in total. The van der Waals surface area contributed by atoms with Crippen molar-refractivity contribution in [2.45, 2.75) is 32.9 Å². The van der Waals surface area contributed by atoms with Crippen LogP contribution in [0, 0.1) is 27.3 Å². The van der Waals surface area contributed by atoms with Crippen LogP contribution in [0.25, 0.3) is 0 Å². The zero-order valence-electron chi connectivity index (χ0n) is 11.0. The Kier molecular flexibility index (Phi) is 5.39. The third-order valence-electron chi connectivity index (χ3n) is 2.84. The van der Waals surface area contributed by atoms with E-state index in [9.17, 15) is 14.5 Å². The van der Waals surface area contributed by atoms with Gasteiger partial charge in [-0.15, -0.1) is 0 Å². The van der Waals surface area contributed by atoms with Crippen LogP contribution in [0.4, 0.5) is 10.1 Å². The standard InChI is InChI=1S/C13H16FN3O2/c1-10(2)16(7-3-6-15)9-11-4-5-13(17(18)19)12(14)8-11/h4-5,8,10H,3,7,9H2,1-2H3. The number of hydrogen-bond donors (Lipinski definition) is 0. The molecule has 0 saturated carbocycles. The predicted molar refractivity (Wildman–Crippen MR) is 68.8 cm³/mol. The van der Waals surface area contributed by atoms with Gasteiger partial charge in [0.25, 0.3) is 0 Å². The minimum atomic E-state index is -0.827. The van der Waals surface area contributed by atoms with Gasteiger partial charge in [-0.2, -0.15) is 9.65 Å². The number of nitro groups is 1. The monoisotopic (exact) mass is 265 g/mol. The molecule has 6 heteroatoms. The first kappa shape index (κ1) is 15.1. The van der Waals surface area contributed by atoms with E-state index in [1.807, 2.05) is 18.7 Å². The Morgan fingerprint density at radius 1 is 1.53 bits per heavy atom. The van der Waals surface area contributed by atoms with Crippen LogP contribution in [-0.4, -0.2) is 22.4 Å². The van der Waals surface area contributed by atoms with Gasteiger partial charge in [0.1, 0.15) is 0 Å². The minimum Gasteiger partial charge on any atom is -0.296 e. The van der Waals surface area contributed by atoms with Crippen LogP contribution >= 0.6 is 0 Å². The lowest BCUT2D eigenvalue weighted by molar-refractivity contribution is -0.387. The van der Waals surface area contributed by atoms with Crippen molar-refractivity contribution in [2.75, 3.05) is 6.54 Å². The SMILES string of the molecule is CC(C)N(CCC#N)Cc1ccc([N+](=O)[O-])c(F)c1. The minimum absolute atomic E-state index is 0.214. The lowest BCUT2D eigenvalue weighted by Gasteiger charge is -2.25. The maximum absolute atomic E-state index is 13.5. The summed E-state index contributed by atoms with van der Waals surface area (Å²) in [5.41, 5.74) is 0.145. The lowest BCUT2D eigenvalue weighted by Crippen LogP contribution is -2.31. The number of nitro benzene ring substituents is 1. The Balaban J connectivity index is 2.83. The van der Waals surface area contributed by atoms with Crippen molar-refractivity contribution < 1.29 is 9.31 Å². The molecule has 5 nitrogen and oxygen atoms in total. The third kappa shape index (κ3) is 4.30. The molecule has 0 radical (unpaired) electrons. The highest BCUT2D eigenvalue weighted by Gasteiger charge is 2.16. The van der Waals surface area contributed by atoms with Gasteiger partial charge in [0.2, 0.25) is 5.82 Å². The summed E-state index contributed by atoms with van der Waals surface area (Å²) < 4.78 is 13.5. The molecule has 102 valence electrons. The Labute approximate surface area is 111 Å². The number of hydrogen-bond acceptors (Lipinski definition) is 4. The first-order chi connectivity index (χ1) is 8.95. The largest absolute Gasteiger partial charge is 0.304 e. The van der Waals surface area contributed by atoms with Crippen molar-refractivity contribution in [2.24, 2.45) is 0 Å². The molecule has 0 atom stereocenters. The highest BCUT2D eigenvalue weighted by atomic mass is 19.1. The first-order valence-corrected chi connectivity index (χ1v) is 5.99. The molecule has 1 aromatic carbocycles. The van der Waals surface area contributed by atoms with Gasteiger partial charge >= 0.3 is 5.69 Å². The summed E-state index contributed by atoms with van der Waals surface area (Å²) in [6.45, 7) is 5.03. The molecular formula is C13H16FN3O2. The van der Waals surface area contributed by atoms with E-state index in [4.69, 9.17) is 5.26 Å². The lowest BCUT2D eigenvalue weighted by atomic mass is 10.1. The second kappa shape index (κ2) is 6.81. The summed E-state index contributed by atoms with van der Waals surface area (Å²) >= 11 is 0. The molecule has 0 aliphatic carbocycles. The van der Waals surface area contributed by atoms with Gasteiger partial charge in [0, 0.05) is 31.6 Å². The van der Waals surface area contributed by atoms with Crippen LogP contribution in [-0.2, 0) is 6.54 Å². The van der Waals surface area contributed by atoms with Crippen molar-refractivity contribution in [1.82, 2.24) is 4.90 Å². The third-order valence-corrected chi connectivity index (χ3v) is 2.84. The second-order valence-electron chi connectivity index (χ2n) is 4.52. The fourth-order valence-electron chi connectivity index (χ4n) is 1.74. The topological polar surface area (TPSA) is 70.2 Å². The molecule has 0 heterocycles. The number of nitrogens with zero attached hydrogens (tertiary/aromatic N) is 3. The molecule has 0 fully saturated rings. The summed E-state index contributed by atoms with van der Waals surface area (Å²) in [6.07, 6.45) is 0.396. The number of nitriles is 1. The van der Waals surface area contributed by atoms with Gasteiger partial charge in [0.05, 0.1) is 11.0 Å². The average molecular weight is 265 g/mol. The van der Waals surface area contributed by atoms with Crippen molar-refractivity contribution in [3.8, 4) is 6.07 Å². The molecule has 0 aliphatic heterocycles. The summed E-state index contributed by atoms with van der Waals surface area (Å²) in [5.74, 6) is -0.827. The normalized spacial score (nSPS) is 10.7. The van der Waals surface area contributed by atoms with Gasteiger partial charge in [-0.25, -0.2) is 0 Å². The highest BCUT2D eigenvalue weighted by Crippen LogP contribution is 2.19. The molecule has 0 aliphatic rings. The van der Waals surface area contributed by atoms with Crippen LogP contribution in [0.2, 0.25) is 0 Å². The molecule has 1 aromatic rings. The number of benzene rings is 1. The van der Waals surface area contributed by atoms with Crippen molar-refractivity contribution in [1.29, 1.82) is 5.26 Å². The van der Waals surface area contributed by atoms with Crippen LogP contribution < -0.4 is 0 Å². The Bertz CT molecular complexity index is 497. The van der Waals surface area contributed by atoms with Crippen LogP contribution in [0.1, 0.15) is 25.8 Å². The van der Waals surface area contributed by atoms with Gasteiger partial charge in [-0.1, -0.05) is 6.07 Å². The highest BCUT2D eigenvalue weighted by molar-refractivity contribution is 5.35. The van der Waals surface area contributed by atoms with E-state index in [0.717, 1.165) is 0 Å². The fraction of sp³-hybridized carbons (Fsp3) is 0.462. The number of halogens is 1. The first-order valence-electron chi connectivity index (χ1n) is 5.99. The smallest absolute Gasteiger partial charge is 0.296 e. The Morgan fingerprint density at radius 2 is 2.21 bits per heavy atom. The van der Waals surface area contributed by atoms with Gasteiger partial charge < -0.3 is 0 Å². The Hall–Kier alpha value is -2.00. The summed E-state index contributed by atoms with van der Waals surface area (Å²) in [4.78, 5) is 11.8. The molecule has 0 unspecified atom stereocenters. The van der Waals surface area contributed by atoms with E-state index in [0.29, 0.717) is 25.1 Å². The molecule has 1 rings (SSSR count).